The molecule has 1 N–H and O–H groups in total. The first-order valence-corrected chi connectivity index (χ1v) is 11.7. The Kier molecular flexibility index (Phi) is 5.20. The van der Waals surface area contributed by atoms with E-state index in [-0.39, 0.29) is 5.56 Å². The van der Waals surface area contributed by atoms with E-state index >= 15 is 0 Å². The zero-order valence-electron chi connectivity index (χ0n) is 20.5. The summed E-state index contributed by atoms with van der Waals surface area (Å²) < 4.78 is 16.5. The molecule has 0 spiro atoms. The molecule has 6 nitrogen and oxygen atoms in total. The number of rotatable bonds is 5. The Hall–Kier alpha value is -5.02. The number of H-pyrrole nitrogens is 1. The van der Waals surface area contributed by atoms with Crippen molar-refractivity contribution in [2.45, 2.75) is 0 Å². The van der Waals surface area contributed by atoms with Crippen molar-refractivity contribution in [2.24, 2.45) is 0 Å². The zero-order valence-corrected chi connectivity index (χ0v) is 20.5. The summed E-state index contributed by atoms with van der Waals surface area (Å²) in [5.41, 5.74) is 2.18. The number of hydrogen-bond acceptors (Lipinski definition) is 5. The molecule has 0 aliphatic heterocycles. The van der Waals surface area contributed by atoms with Gasteiger partial charge in [-0.3, -0.25) is 4.79 Å². The molecule has 0 radical (unpaired) electrons. The number of nitriles is 1. The lowest BCUT2D eigenvalue weighted by Crippen LogP contribution is -2.13. The fourth-order valence-electron chi connectivity index (χ4n) is 5.25. The van der Waals surface area contributed by atoms with Crippen LogP contribution in [0.1, 0.15) is 5.56 Å². The number of benzene rings is 5. The second kappa shape index (κ2) is 8.58. The molecule has 0 fully saturated rings. The standard InChI is InChI=1S/C31H22N2O4/c1-35-26-13-20(14-27(36-2)30(26)37-3)25-15-23(24(16-32)31(34)33-25)21-11-9-19-8-7-17-5-4-6-18-10-12-22(21)29(19)28(17)18/h4-15H,1-3H3,(H,33,34). The predicted molar refractivity (Wildman–Crippen MR) is 146 cm³/mol. The molecule has 0 aliphatic rings. The highest BCUT2D eigenvalue weighted by atomic mass is 16.5. The highest BCUT2D eigenvalue weighted by Crippen LogP contribution is 2.43. The molecule has 0 unspecified atom stereocenters. The molecule has 37 heavy (non-hydrogen) atoms. The fourth-order valence-corrected chi connectivity index (χ4v) is 5.25. The van der Waals surface area contributed by atoms with Crippen molar-refractivity contribution in [3.05, 3.63) is 88.7 Å². The van der Waals surface area contributed by atoms with Crippen LogP contribution < -0.4 is 19.8 Å². The Balaban J connectivity index is 1.66. The SMILES string of the molecule is COc1cc(-c2cc(-c3ccc4ccc5cccc6ccc3c4c56)c(C#N)c(=O)[nH]2)cc(OC)c1OC. The van der Waals surface area contributed by atoms with E-state index in [2.05, 4.69) is 53.5 Å². The lowest BCUT2D eigenvalue weighted by atomic mass is 9.88. The minimum Gasteiger partial charge on any atom is -0.493 e. The maximum absolute atomic E-state index is 13.2. The van der Waals surface area contributed by atoms with Gasteiger partial charge in [0.15, 0.2) is 11.5 Å². The summed E-state index contributed by atoms with van der Waals surface area (Å²) in [4.78, 5) is 16.0. The van der Waals surface area contributed by atoms with E-state index in [4.69, 9.17) is 14.2 Å². The minimum absolute atomic E-state index is 0.0613. The van der Waals surface area contributed by atoms with E-state index in [1.54, 1.807) is 26.4 Å². The second-order valence-corrected chi connectivity index (χ2v) is 8.80. The van der Waals surface area contributed by atoms with Gasteiger partial charge in [-0.1, -0.05) is 54.6 Å². The van der Waals surface area contributed by atoms with E-state index in [1.807, 2.05) is 18.2 Å². The summed E-state index contributed by atoms with van der Waals surface area (Å²) in [5.74, 6) is 1.38. The molecule has 0 atom stereocenters. The summed E-state index contributed by atoms with van der Waals surface area (Å²) in [6, 6.07) is 26.2. The highest BCUT2D eigenvalue weighted by Gasteiger charge is 2.19. The number of aromatic amines is 1. The molecule has 0 saturated carbocycles. The molecule has 0 saturated heterocycles. The summed E-state index contributed by atoms with van der Waals surface area (Å²) in [6.45, 7) is 0. The topological polar surface area (TPSA) is 84.3 Å². The lowest BCUT2D eigenvalue weighted by molar-refractivity contribution is 0.324. The maximum Gasteiger partial charge on any atom is 0.266 e. The fraction of sp³-hybridized carbons (Fsp3) is 0.0968. The molecule has 0 aliphatic carbocycles. The molecule has 6 heteroatoms. The number of methoxy groups -OCH3 is 3. The summed E-state index contributed by atoms with van der Waals surface area (Å²) in [7, 11) is 4.62. The monoisotopic (exact) mass is 486 g/mol. The minimum atomic E-state index is -0.463. The molecule has 0 bridgehead atoms. The average molecular weight is 487 g/mol. The number of aromatic nitrogens is 1. The van der Waals surface area contributed by atoms with Crippen molar-refractivity contribution in [2.75, 3.05) is 21.3 Å². The van der Waals surface area contributed by atoms with Crippen molar-refractivity contribution in [3.63, 3.8) is 0 Å². The number of hydrogen-bond donors (Lipinski definition) is 1. The van der Waals surface area contributed by atoms with Crippen LogP contribution in [-0.2, 0) is 0 Å². The average Bonchev–Trinajstić information content (AvgIpc) is 2.94. The number of nitrogens with one attached hydrogen (secondary N) is 1. The quantitative estimate of drug-likeness (QED) is 0.281. The van der Waals surface area contributed by atoms with Crippen LogP contribution in [0.15, 0.2) is 77.6 Å². The van der Waals surface area contributed by atoms with Crippen LogP contribution in [0.2, 0.25) is 0 Å². The van der Waals surface area contributed by atoms with Crippen LogP contribution in [0, 0.1) is 11.3 Å². The third kappa shape index (κ3) is 3.36. The van der Waals surface area contributed by atoms with Gasteiger partial charge in [0, 0.05) is 16.8 Å². The van der Waals surface area contributed by atoms with E-state index < -0.39 is 5.56 Å². The van der Waals surface area contributed by atoms with Gasteiger partial charge in [-0.05, 0) is 56.1 Å². The van der Waals surface area contributed by atoms with E-state index in [9.17, 15) is 10.1 Å². The molecule has 0 amide bonds. The Labute approximate surface area is 212 Å². The predicted octanol–water partition coefficient (Wildman–Crippen LogP) is 6.50. The van der Waals surface area contributed by atoms with E-state index in [0.717, 1.165) is 32.5 Å². The smallest absolute Gasteiger partial charge is 0.266 e. The molecule has 5 aromatic carbocycles. The van der Waals surface area contributed by atoms with E-state index in [1.165, 1.54) is 12.5 Å². The summed E-state index contributed by atoms with van der Waals surface area (Å²) >= 11 is 0. The van der Waals surface area contributed by atoms with Crippen molar-refractivity contribution >= 4 is 32.3 Å². The Morgan fingerprint density at radius 1 is 0.730 bits per heavy atom. The van der Waals surface area contributed by atoms with E-state index in [0.29, 0.717) is 34.1 Å². The van der Waals surface area contributed by atoms with Gasteiger partial charge >= 0.3 is 0 Å². The van der Waals surface area contributed by atoms with Gasteiger partial charge in [0.2, 0.25) is 5.75 Å². The lowest BCUT2D eigenvalue weighted by Gasteiger charge is -2.16. The third-order valence-corrected chi connectivity index (χ3v) is 6.94. The van der Waals surface area contributed by atoms with Crippen LogP contribution >= 0.6 is 0 Å². The third-order valence-electron chi connectivity index (χ3n) is 6.94. The van der Waals surface area contributed by atoms with Gasteiger partial charge < -0.3 is 19.2 Å². The van der Waals surface area contributed by atoms with Gasteiger partial charge in [-0.25, -0.2) is 0 Å². The summed E-state index contributed by atoms with van der Waals surface area (Å²) in [5, 5.41) is 16.7. The first-order chi connectivity index (χ1) is 18.1. The number of ether oxygens (including phenoxy) is 3. The summed E-state index contributed by atoms with van der Waals surface area (Å²) in [6.07, 6.45) is 0. The van der Waals surface area contributed by atoms with Crippen molar-refractivity contribution in [1.82, 2.24) is 4.98 Å². The molecular formula is C31H22N2O4. The molecule has 6 rings (SSSR count). The van der Waals surface area contributed by atoms with Gasteiger partial charge in [0.05, 0.1) is 21.3 Å². The molecule has 6 aromatic rings. The van der Waals surface area contributed by atoms with Gasteiger partial charge in [-0.2, -0.15) is 5.26 Å². The zero-order chi connectivity index (χ0) is 25.7. The van der Waals surface area contributed by atoms with Crippen LogP contribution in [0.4, 0.5) is 0 Å². The molecule has 1 aromatic heterocycles. The van der Waals surface area contributed by atoms with Crippen molar-refractivity contribution in [3.8, 4) is 45.7 Å². The second-order valence-electron chi connectivity index (χ2n) is 8.80. The maximum atomic E-state index is 13.2. The largest absolute Gasteiger partial charge is 0.493 e. The van der Waals surface area contributed by atoms with Crippen LogP contribution in [0.5, 0.6) is 17.2 Å². The van der Waals surface area contributed by atoms with Gasteiger partial charge in [0.25, 0.3) is 5.56 Å². The van der Waals surface area contributed by atoms with Gasteiger partial charge in [0.1, 0.15) is 11.6 Å². The van der Waals surface area contributed by atoms with Crippen LogP contribution in [0.25, 0.3) is 54.7 Å². The molecular weight excluding hydrogens is 464 g/mol. The van der Waals surface area contributed by atoms with Crippen molar-refractivity contribution in [1.29, 1.82) is 5.26 Å². The van der Waals surface area contributed by atoms with Gasteiger partial charge in [-0.15, -0.1) is 0 Å². The first-order valence-electron chi connectivity index (χ1n) is 11.7. The number of pyridine rings is 1. The van der Waals surface area contributed by atoms with Crippen molar-refractivity contribution < 1.29 is 14.2 Å². The van der Waals surface area contributed by atoms with Crippen LogP contribution in [0.3, 0.4) is 0 Å². The Bertz CT molecular complexity index is 1890. The highest BCUT2D eigenvalue weighted by molar-refractivity contribution is 6.25. The normalized spacial score (nSPS) is 11.2. The Morgan fingerprint density at radius 3 is 1.97 bits per heavy atom. The molecule has 1 heterocycles. The molecule has 180 valence electrons. The van der Waals surface area contributed by atoms with Crippen LogP contribution in [-0.4, -0.2) is 26.3 Å². The Morgan fingerprint density at radius 2 is 1.35 bits per heavy atom. The number of nitrogens with zero attached hydrogens (tertiary/aromatic N) is 1. The first kappa shape index (κ1) is 22.4.